The van der Waals surface area contributed by atoms with Crippen LogP contribution in [0.25, 0.3) is 5.69 Å². The number of cyclic esters (lactones) is 1. The molecule has 1 aliphatic rings. The molecule has 1 atom stereocenters. The van der Waals surface area contributed by atoms with Crippen LogP contribution in [0.5, 0.6) is 0 Å². The Morgan fingerprint density at radius 1 is 1.50 bits per heavy atom. The largest absolute Gasteiger partial charge is 0.441 e. The Kier molecular flexibility index (Phi) is 3.07. The predicted molar refractivity (Wildman–Crippen MR) is 66.0 cm³/mol. The fourth-order valence-electron chi connectivity index (χ4n) is 2.01. The summed E-state index contributed by atoms with van der Waals surface area (Å²) in [6.07, 6.45) is 1.50. The zero-order valence-electron chi connectivity index (χ0n) is 10.3. The lowest BCUT2D eigenvalue weighted by Crippen LogP contribution is -2.25. The summed E-state index contributed by atoms with van der Waals surface area (Å²) in [5.74, 6) is -0.534. The average Bonchev–Trinajstić information content (AvgIpc) is 3.07. The van der Waals surface area contributed by atoms with Crippen molar-refractivity contribution in [2.45, 2.75) is 6.10 Å². The molecule has 0 bridgehead atoms. The number of rotatable bonds is 3. The number of nitrogens with zero attached hydrogens (tertiary/aromatic N) is 4. The van der Waals surface area contributed by atoms with Gasteiger partial charge in [0.05, 0.1) is 18.8 Å². The summed E-state index contributed by atoms with van der Waals surface area (Å²) in [5.41, 5.74) is 0.602. The summed E-state index contributed by atoms with van der Waals surface area (Å²) in [6.45, 7) is -0.0702. The van der Waals surface area contributed by atoms with Crippen LogP contribution in [0.1, 0.15) is 0 Å². The molecule has 2 heterocycles. The van der Waals surface area contributed by atoms with E-state index in [-0.39, 0.29) is 18.8 Å². The Hall–Kier alpha value is -2.48. The third kappa shape index (κ3) is 2.10. The SMILES string of the molecule is O=C1O[C@H](CO)CN1c1ccc(-n2cncn2)c(F)c1. The number of aromatic nitrogens is 3. The van der Waals surface area contributed by atoms with Crippen LogP contribution in [-0.4, -0.2) is 45.2 Å². The van der Waals surface area contributed by atoms with Crippen LogP contribution in [0.4, 0.5) is 14.9 Å². The van der Waals surface area contributed by atoms with E-state index in [1.165, 1.54) is 34.4 Å². The molecular weight excluding hydrogens is 267 g/mol. The first kappa shape index (κ1) is 12.5. The lowest BCUT2D eigenvalue weighted by atomic mass is 10.2. The molecule has 3 rings (SSSR count). The molecule has 104 valence electrons. The molecule has 1 fully saturated rings. The molecule has 0 aliphatic carbocycles. The summed E-state index contributed by atoms with van der Waals surface area (Å²) >= 11 is 0. The third-order valence-corrected chi connectivity index (χ3v) is 2.99. The molecule has 1 amide bonds. The Labute approximate surface area is 113 Å². The van der Waals surface area contributed by atoms with Gasteiger partial charge < -0.3 is 9.84 Å². The number of anilines is 1. The minimum atomic E-state index is -0.600. The Morgan fingerprint density at radius 2 is 2.35 bits per heavy atom. The quantitative estimate of drug-likeness (QED) is 0.895. The van der Waals surface area contributed by atoms with Gasteiger partial charge in [0.15, 0.2) is 5.82 Å². The number of carbonyl (C=O) groups excluding carboxylic acids is 1. The molecule has 1 aliphatic heterocycles. The molecule has 8 heteroatoms. The summed E-state index contributed by atoms with van der Waals surface area (Å²) in [4.78, 5) is 16.6. The Morgan fingerprint density at radius 3 is 2.95 bits per heavy atom. The van der Waals surface area contributed by atoms with Crippen LogP contribution in [0.15, 0.2) is 30.9 Å². The number of carbonyl (C=O) groups is 1. The summed E-state index contributed by atoms with van der Waals surface area (Å²) < 4.78 is 20.3. The van der Waals surface area contributed by atoms with Gasteiger partial charge in [0.2, 0.25) is 0 Å². The van der Waals surface area contributed by atoms with Crippen molar-refractivity contribution in [2.75, 3.05) is 18.1 Å². The maximum absolute atomic E-state index is 14.1. The molecule has 1 aromatic heterocycles. The van der Waals surface area contributed by atoms with E-state index in [1.54, 1.807) is 6.07 Å². The van der Waals surface area contributed by atoms with Gasteiger partial charge in [0.25, 0.3) is 0 Å². The second-order valence-corrected chi connectivity index (χ2v) is 4.27. The number of hydrogen-bond acceptors (Lipinski definition) is 5. The van der Waals surface area contributed by atoms with Gasteiger partial charge in [-0.05, 0) is 18.2 Å². The highest BCUT2D eigenvalue weighted by Crippen LogP contribution is 2.24. The lowest BCUT2D eigenvalue weighted by Gasteiger charge is -2.14. The van der Waals surface area contributed by atoms with Crippen molar-refractivity contribution in [3.05, 3.63) is 36.7 Å². The number of aliphatic hydroxyl groups excluding tert-OH is 1. The number of amides is 1. The number of benzene rings is 1. The minimum Gasteiger partial charge on any atom is -0.441 e. The molecule has 7 nitrogen and oxygen atoms in total. The maximum atomic E-state index is 14.1. The zero-order valence-corrected chi connectivity index (χ0v) is 10.3. The monoisotopic (exact) mass is 278 g/mol. The normalized spacial score (nSPS) is 18.4. The molecule has 1 saturated heterocycles. The zero-order chi connectivity index (χ0) is 14.1. The molecule has 0 saturated carbocycles. The van der Waals surface area contributed by atoms with E-state index in [1.807, 2.05) is 0 Å². The maximum Gasteiger partial charge on any atom is 0.414 e. The van der Waals surface area contributed by atoms with Crippen LogP contribution in [-0.2, 0) is 4.74 Å². The molecule has 1 aromatic carbocycles. The van der Waals surface area contributed by atoms with Crippen LogP contribution >= 0.6 is 0 Å². The highest BCUT2D eigenvalue weighted by molar-refractivity contribution is 5.89. The van der Waals surface area contributed by atoms with Crippen molar-refractivity contribution < 1.29 is 19.0 Å². The first-order valence-corrected chi connectivity index (χ1v) is 5.92. The standard InChI is InChI=1S/C12H11FN4O3/c13-10-3-8(16-4-9(5-18)20-12(16)19)1-2-11(10)17-7-14-6-15-17/h1-3,6-7,9,18H,4-5H2/t9-/m0/s1. The Balaban J connectivity index is 1.89. The van der Waals surface area contributed by atoms with E-state index in [9.17, 15) is 9.18 Å². The smallest absolute Gasteiger partial charge is 0.414 e. The molecule has 0 radical (unpaired) electrons. The van der Waals surface area contributed by atoms with Crippen molar-refractivity contribution in [3.8, 4) is 5.69 Å². The van der Waals surface area contributed by atoms with Crippen molar-refractivity contribution in [3.63, 3.8) is 0 Å². The molecule has 0 unspecified atom stereocenters. The van der Waals surface area contributed by atoms with Crippen LogP contribution in [0.2, 0.25) is 0 Å². The number of hydrogen-bond donors (Lipinski definition) is 1. The number of aliphatic hydroxyl groups is 1. The van der Waals surface area contributed by atoms with Crippen molar-refractivity contribution in [1.29, 1.82) is 0 Å². The molecule has 0 spiro atoms. The van der Waals surface area contributed by atoms with E-state index in [2.05, 4.69) is 10.1 Å². The third-order valence-electron chi connectivity index (χ3n) is 2.99. The van der Waals surface area contributed by atoms with Crippen molar-refractivity contribution >= 4 is 11.8 Å². The second-order valence-electron chi connectivity index (χ2n) is 4.27. The predicted octanol–water partition coefficient (Wildman–Crippen LogP) is 0.724. The summed E-state index contributed by atoms with van der Waals surface area (Å²) in [7, 11) is 0. The van der Waals surface area contributed by atoms with Crippen molar-refractivity contribution in [2.24, 2.45) is 0 Å². The van der Waals surface area contributed by atoms with Gasteiger partial charge in [0.1, 0.15) is 24.4 Å². The second kappa shape index (κ2) is 4.89. The first-order chi connectivity index (χ1) is 9.69. The van der Waals surface area contributed by atoms with E-state index < -0.39 is 18.0 Å². The summed E-state index contributed by atoms with van der Waals surface area (Å²) in [5, 5.41) is 12.8. The van der Waals surface area contributed by atoms with E-state index in [0.717, 1.165) is 0 Å². The molecule has 2 aromatic rings. The van der Waals surface area contributed by atoms with Gasteiger partial charge >= 0.3 is 6.09 Å². The summed E-state index contributed by atoms with van der Waals surface area (Å²) in [6, 6.07) is 4.30. The molecular formula is C12H11FN4O3. The highest BCUT2D eigenvalue weighted by atomic mass is 19.1. The van der Waals surface area contributed by atoms with Gasteiger partial charge in [-0.1, -0.05) is 0 Å². The van der Waals surface area contributed by atoms with Gasteiger partial charge in [-0.15, -0.1) is 0 Å². The topological polar surface area (TPSA) is 80.5 Å². The number of ether oxygens (including phenoxy) is 1. The van der Waals surface area contributed by atoms with E-state index in [4.69, 9.17) is 9.84 Å². The molecule has 20 heavy (non-hydrogen) atoms. The van der Waals surface area contributed by atoms with Gasteiger partial charge in [-0.2, -0.15) is 5.10 Å². The fourth-order valence-corrected chi connectivity index (χ4v) is 2.01. The number of halogens is 1. The van der Waals surface area contributed by atoms with Crippen LogP contribution in [0.3, 0.4) is 0 Å². The van der Waals surface area contributed by atoms with Gasteiger partial charge in [0, 0.05) is 0 Å². The fraction of sp³-hybridized carbons (Fsp3) is 0.250. The minimum absolute atomic E-state index is 0.192. The van der Waals surface area contributed by atoms with E-state index in [0.29, 0.717) is 5.69 Å². The van der Waals surface area contributed by atoms with Crippen LogP contribution in [0, 0.1) is 5.82 Å². The van der Waals surface area contributed by atoms with Gasteiger partial charge in [-0.25, -0.2) is 18.9 Å². The first-order valence-electron chi connectivity index (χ1n) is 5.92. The van der Waals surface area contributed by atoms with Gasteiger partial charge in [-0.3, -0.25) is 4.90 Å². The molecule has 1 N–H and O–H groups in total. The van der Waals surface area contributed by atoms with Crippen LogP contribution < -0.4 is 4.90 Å². The van der Waals surface area contributed by atoms with E-state index >= 15 is 0 Å². The Bertz CT molecular complexity index is 632. The average molecular weight is 278 g/mol. The lowest BCUT2D eigenvalue weighted by molar-refractivity contribution is 0.0963. The van der Waals surface area contributed by atoms with Crippen molar-refractivity contribution in [1.82, 2.24) is 14.8 Å². The highest BCUT2D eigenvalue weighted by Gasteiger charge is 2.32.